The van der Waals surface area contributed by atoms with E-state index in [2.05, 4.69) is 37.9 Å². The van der Waals surface area contributed by atoms with Crippen LogP contribution in [0.2, 0.25) is 0 Å². The van der Waals surface area contributed by atoms with E-state index in [0.717, 1.165) is 11.8 Å². The summed E-state index contributed by atoms with van der Waals surface area (Å²) in [5, 5.41) is 11.5. The molecule has 2 bridgehead atoms. The Morgan fingerprint density at radius 1 is 1.12 bits per heavy atom. The molecule has 3 heteroatoms. The second-order valence-electron chi connectivity index (χ2n) is 6.49. The van der Waals surface area contributed by atoms with Crippen LogP contribution in [0.1, 0.15) is 47.0 Å². The molecule has 2 atom stereocenters. The molecule has 0 aromatic carbocycles. The second-order valence-corrected chi connectivity index (χ2v) is 6.49. The minimum absolute atomic E-state index is 0.152. The average molecular weight is 221 g/mol. The Morgan fingerprint density at radius 2 is 1.81 bits per heavy atom. The van der Waals surface area contributed by atoms with Gasteiger partial charge in [0.2, 0.25) is 0 Å². The molecule has 16 heavy (non-hydrogen) atoms. The SMILES string of the molecule is CC(C)N1N=NC2(C(C)C)C3CC(C3)CC12. The van der Waals surface area contributed by atoms with Gasteiger partial charge in [0.05, 0.1) is 6.04 Å². The summed E-state index contributed by atoms with van der Waals surface area (Å²) in [7, 11) is 0. The number of hydrogen-bond acceptors (Lipinski definition) is 3. The van der Waals surface area contributed by atoms with E-state index in [1.807, 2.05) is 0 Å². The molecule has 0 spiro atoms. The Kier molecular flexibility index (Phi) is 2.11. The summed E-state index contributed by atoms with van der Waals surface area (Å²) in [6.45, 7) is 9.12. The van der Waals surface area contributed by atoms with E-state index >= 15 is 0 Å². The van der Waals surface area contributed by atoms with Crippen molar-refractivity contribution in [1.29, 1.82) is 0 Å². The summed E-state index contributed by atoms with van der Waals surface area (Å²) >= 11 is 0. The van der Waals surface area contributed by atoms with Crippen molar-refractivity contribution >= 4 is 0 Å². The van der Waals surface area contributed by atoms with Gasteiger partial charge in [-0.15, -0.1) is 0 Å². The van der Waals surface area contributed by atoms with Crippen molar-refractivity contribution in [2.45, 2.75) is 64.6 Å². The van der Waals surface area contributed by atoms with Crippen LogP contribution in [0.4, 0.5) is 0 Å². The molecule has 4 rings (SSSR count). The Morgan fingerprint density at radius 3 is 2.38 bits per heavy atom. The molecule has 0 N–H and O–H groups in total. The summed E-state index contributed by atoms with van der Waals surface area (Å²) < 4.78 is 0. The molecule has 0 saturated heterocycles. The molecule has 90 valence electrons. The predicted molar refractivity (Wildman–Crippen MR) is 64.0 cm³/mol. The highest BCUT2D eigenvalue weighted by Crippen LogP contribution is 2.59. The lowest BCUT2D eigenvalue weighted by Crippen LogP contribution is -2.63. The molecular formula is C13H23N3. The van der Waals surface area contributed by atoms with Crippen LogP contribution in [0, 0.1) is 17.8 Å². The maximum absolute atomic E-state index is 4.76. The Hall–Kier alpha value is -0.600. The first kappa shape index (κ1) is 10.5. The molecule has 3 saturated carbocycles. The molecule has 3 fully saturated rings. The fourth-order valence-electron chi connectivity index (χ4n) is 4.18. The van der Waals surface area contributed by atoms with Gasteiger partial charge in [-0.2, -0.15) is 5.11 Å². The van der Waals surface area contributed by atoms with E-state index in [1.165, 1.54) is 19.3 Å². The zero-order valence-electron chi connectivity index (χ0n) is 10.8. The second kappa shape index (κ2) is 3.21. The number of hydrogen-bond donors (Lipinski definition) is 0. The Labute approximate surface area is 98.3 Å². The summed E-state index contributed by atoms with van der Waals surface area (Å²) in [6.07, 6.45) is 4.12. The van der Waals surface area contributed by atoms with Crippen molar-refractivity contribution in [2.24, 2.45) is 28.1 Å². The maximum atomic E-state index is 4.76. The summed E-state index contributed by atoms with van der Waals surface area (Å²) in [4.78, 5) is 0. The van der Waals surface area contributed by atoms with Crippen LogP contribution >= 0.6 is 0 Å². The molecule has 0 aromatic heterocycles. The quantitative estimate of drug-likeness (QED) is 0.703. The lowest BCUT2D eigenvalue weighted by Gasteiger charge is -2.57. The topological polar surface area (TPSA) is 28.0 Å². The van der Waals surface area contributed by atoms with Crippen LogP contribution in [0.5, 0.6) is 0 Å². The van der Waals surface area contributed by atoms with Crippen molar-refractivity contribution in [3.63, 3.8) is 0 Å². The number of rotatable bonds is 2. The van der Waals surface area contributed by atoms with E-state index < -0.39 is 0 Å². The smallest absolute Gasteiger partial charge is 0.111 e. The van der Waals surface area contributed by atoms with Gasteiger partial charge in [-0.25, -0.2) is 0 Å². The Bertz CT molecular complexity index is 317. The minimum atomic E-state index is 0.152. The minimum Gasteiger partial charge on any atom is -0.271 e. The molecule has 0 aromatic rings. The summed E-state index contributed by atoms with van der Waals surface area (Å²) in [5.41, 5.74) is 0.152. The average Bonchev–Trinajstić information content (AvgIpc) is 2.55. The highest BCUT2D eigenvalue weighted by Gasteiger charge is 2.62. The highest BCUT2D eigenvalue weighted by atomic mass is 15.6. The van der Waals surface area contributed by atoms with Crippen LogP contribution in [-0.4, -0.2) is 22.6 Å². The van der Waals surface area contributed by atoms with Gasteiger partial charge in [0.15, 0.2) is 0 Å². The largest absolute Gasteiger partial charge is 0.271 e. The van der Waals surface area contributed by atoms with Gasteiger partial charge in [0.25, 0.3) is 0 Å². The third-order valence-corrected chi connectivity index (χ3v) is 5.07. The molecule has 4 aliphatic rings. The summed E-state index contributed by atoms with van der Waals surface area (Å²) in [5.74, 6) is 2.40. The lowest BCUT2D eigenvalue weighted by atomic mass is 9.51. The van der Waals surface area contributed by atoms with E-state index in [4.69, 9.17) is 5.11 Å². The van der Waals surface area contributed by atoms with E-state index in [-0.39, 0.29) is 5.54 Å². The summed E-state index contributed by atoms with van der Waals surface area (Å²) in [6, 6.07) is 1.08. The van der Waals surface area contributed by atoms with Gasteiger partial charge < -0.3 is 0 Å². The van der Waals surface area contributed by atoms with Crippen molar-refractivity contribution in [3.05, 3.63) is 0 Å². The van der Waals surface area contributed by atoms with Crippen molar-refractivity contribution in [1.82, 2.24) is 5.01 Å². The standard InChI is InChI=1S/C13H23N3/c1-8(2)13-11-5-10(6-11)7-12(13)16(9(3)4)15-14-13/h8-12H,5-7H2,1-4H3. The number of nitrogens with zero attached hydrogens (tertiary/aromatic N) is 3. The highest BCUT2D eigenvalue weighted by molar-refractivity contribution is 5.16. The van der Waals surface area contributed by atoms with E-state index in [1.54, 1.807) is 0 Å². The predicted octanol–water partition coefficient (Wildman–Crippen LogP) is 3.27. The van der Waals surface area contributed by atoms with Crippen LogP contribution in [0.25, 0.3) is 0 Å². The molecule has 1 heterocycles. The first-order valence-electron chi connectivity index (χ1n) is 6.76. The fourth-order valence-corrected chi connectivity index (χ4v) is 4.18. The van der Waals surface area contributed by atoms with Crippen LogP contribution < -0.4 is 0 Å². The molecule has 2 unspecified atom stereocenters. The monoisotopic (exact) mass is 221 g/mol. The molecule has 0 radical (unpaired) electrons. The fraction of sp³-hybridized carbons (Fsp3) is 1.00. The van der Waals surface area contributed by atoms with Crippen LogP contribution in [-0.2, 0) is 0 Å². The zero-order valence-corrected chi connectivity index (χ0v) is 10.8. The normalized spacial score (nSPS) is 45.1. The lowest BCUT2D eigenvalue weighted by molar-refractivity contribution is -0.0532. The van der Waals surface area contributed by atoms with Crippen LogP contribution in [0.3, 0.4) is 0 Å². The molecule has 0 amide bonds. The Balaban J connectivity index is 1.96. The third-order valence-electron chi connectivity index (χ3n) is 5.07. The van der Waals surface area contributed by atoms with Gasteiger partial charge >= 0.3 is 0 Å². The molecular weight excluding hydrogens is 198 g/mol. The van der Waals surface area contributed by atoms with Gasteiger partial charge in [-0.1, -0.05) is 19.1 Å². The van der Waals surface area contributed by atoms with E-state index in [0.29, 0.717) is 18.0 Å². The molecule has 3 nitrogen and oxygen atoms in total. The zero-order chi connectivity index (χ0) is 11.5. The van der Waals surface area contributed by atoms with Crippen molar-refractivity contribution < 1.29 is 0 Å². The van der Waals surface area contributed by atoms with Crippen molar-refractivity contribution in [2.75, 3.05) is 0 Å². The van der Waals surface area contributed by atoms with Gasteiger partial charge in [-0.05, 0) is 50.9 Å². The first-order chi connectivity index (χ1) is 7.55. The molecule has 3 aliphatic carbocycles. The third kappa shape index (κ3) is 1.09. The van der Waals surface area contributed by atoms with Crippen LogP contribution in [0.15, 0.2) is 10.3 Å². The van der Waals surface area contributed by atoms with Gasteiger partial charge in [-0.3, -0.25) is 5.01 Å². The molecule has 1 aliphatic heterocycles. The maximum Gasteiger partial charge on any atom is 0.111 e. The van der Waals surface area contributed by atoms with Gasteiger partial charge in [0.1, 0.15) is 5.54 Å². The van der Waals surface area contributed by atoms with Crippen molar-refractivity contribution in [3.8, 4) is 0 Å². The first-order valence-corrected chi connectivity index (χ1v) is 6.76. The van der Waals surface area contributed by atoms with E-state index in [9.17, 15) is 0 Å². The van der Waals surface area contributed by atoms with Gasteiger partial charge in [0, 0.05) is 6.04 Å².